The van der Waals surface area contributed by atoms with E-state index in [0.29, 0.717) is 47.1 Å². The normalized spacial score (nSPS) is 11.6. The van der Waals surface area contributed by atoms with E-state index in [2.05, 4.69) is 34.5 Å². The minimum atomic E-state index is -0.482. The molecule has 0 aliphatic rings. The molecule has 0 bridgehead atoms. The van der Waals surface area contributed by atoms with E-state index in [9.17, 15) is 14.9 Å². The number of methoxy groups -OCH3 is 2. The number of ether oxygens (including phenoxy) is 2. The summed E-state index contributed by atoms with van der Waals surface area (Å²) in [6.45, 7) is 8.83. The van der Waals surface area contributed by atoms with Crippen molar-refractivity contribution >= 4 is 51.8 Å². The minimum Gasteiger partial charge on any atom is -0.495 e. The number of allylic oxidation sites excluding steroid dienone is 1. The molecule has 0 radical (unpaired) electrons. The van der Waals surface area contributed by atoms with E-state index in [-0.39, 0.29) is 44.8 Å². The van der Waals surface area contributed by atoms with Crippen LogP contribution in [0.5, 0.6) is 11.5 Å². The minimum absolute atomic E-state index is 0.0424. The Morgan fingerprint density at radius 2 is 1.84 bits per heavy atom. The third-order valence-corrected chi connectivity index (χ3v) is 8.88. The van der Waals surface area contributed by atoms with Gasteiger partial charge in [-0.1, -0.05) is 62.2 Å². The third-order valence-electron chi connectivity index (χ3n) is 8.13. The Labute approximate surface area is 302 Å². The Kier molecular flexibility index (Phi) is 13.6. The molecule has 0 aliphatic heterocycles. The molecule has 11 nitrogen and oxygen atoms in total. The monoisotopic (exact) mass is 719 g/mol. The van der Waals surface area contributed by atoms with Crippen LogP contribution >= 0.6 is 23.2 Å². The van der Waals surface area contributed by atoms with Gasteiger partial charge in [0.05, 0.1) is 29.8 Å². The third kappa shape index (κ3) is 9.33. The number of nitriles is 1. The lowest BCUT2D eigenvalue weighted by atomic mass is 10.0. The summed E-state index contributed by atoms with van der Waals surface area (Å²) in [5.74, 6) is 0.576. The SMILES string of the molecule is CCN(C)CCCCNc1ncc2cc(-c3c(Cl)c(OC)cc(OC)c3Cl)c(=O)n(CCc3cccc(NC(=O)/C(C#N)=C/C(C)C)c3)c2n1. The molecule has 2 aromatic heterocycles. The van der Waals surface area contributed by atoms with Crippen LogP contribution in [0.25, 0.3) is 22.2 Å². The number of carbonyl (C=O) groups excluding carboxylic acids is 1. The average molecular weight is 721 g/mol. The fraction of sp³-hybridized carbons (Fsp3) is 0.378. The summed E-state index contributed by atoms with van der Waals surface area (Å²) in [5, 5.41) is 16.5. The molecule has 264 valence electrons. The van der Waals surface area contributed by atoms with Crippen molar-refractivity contribution in [3.05, 3.63) is 80.2 Å². The van der Waals surface area contributed by atoms with Gasteiger partial charge < -0.3 is 25.0 Å². The molecule has 50 heavy (non-hydrogen) atoms. The van der Waals surface area contributed by atoms with Crippen LogP contribution in [0, 0.1) is 17.2 Å². The highest BCUT2D eigenvalue weighted by atomic mass is 35.5. The number of hydrogen-bond donors (Lipinski definition) is 2. The first kappa shape index (κ1) is 38.2. The second kappa shape index (κ2) is 17.9. The van der Waals surface area contributed by atoms with Gasteiger partial charge in [-0.3, -0.25) is 14.2 Å². The highest BCUT2D eigenvalue weighted by molar-refractivity contribution is 6.41. The van der Waals surface area contributed by atoms with E-state index in [1.54, 1.807) is 35.0 Å². The van der Waals surface area contributed by atoms with Crippen molar-refractivity contribution in [2.75, 3.05) is 51.5 Å². The fourth-order valence-electron chi connectivity index (χ4n) is 5.36. The first-order valence-corrected chi connectivity index (χ1v) is 17.2. The Morgan fingerprint density at radius 3 is 2.48 bits per heavy atom. The average Bonchev–Trinajstić information content (AvgIpc) is 3.10. The summed E-state index contributed by atoms with van der Waals surface area (Å²) >= 11 is 13.5. The highest BCUT2D eigenvalue weighted by Gasteiger charge is 2.23. The summed E-state index contributed by atoms with van der Waals surface area (Å²) in [6.07, 6.45) is 5.66. The van der Waals surface area contributed by atoms with E-state index in [0.717, 1.165) is 31.5 Å². The van der Waals surface area contributed by atoms with Gasteiger partial charge in [0.15, 0.2) is 0 Å². The fourth-order valence-corrected chi connectivity index (χ4v) is 6.06. The van der Waals surface area contributed by atoms with E-state index in [1.807, 2.05) is 38.1 Å². The second-order valence-corrected chi connectivity index (χ2v) is 12.9. The second-order valence-electron chi connectivity index (χ2n) is 12.1. The summed E-state index contributed by atoms with van der Waals surface area (Å²) < 4.78 is 12.5. The Hall–Kier alpha value is -4.63. The van der Waals surface area contributed by atoms with Crippen LogP contribution in [0.3, 0.4) is 0 Å². The molecule has 2 heterocycles. The van der Waals surface area contributed by atoms with E-state index in [4.69, 9.17) is 37.7 Å². The highest BCUT2D eigenvalue weighted by Crippen LogP contribution is 2.45. The lowest BCUT2D eigenvalue weighted by molar-refractivity contribution is -0.112. The van der Waals surface area contributed by atoms with Crippen molar-refractivity contribution in [3.63, 3.8) is 0 Å². The number of aromatic nitrogens is 3. The van der Waals surface area contributed by atoms with Crippen LogP contribution in [-0.2, 0) is 17.8 Å². The zero-order chi connectivity index (χ0) is 36.4. The molecule has 13 heteroatoms. The molecule has 0 fully saturated rings. The number of anilines is 2. The predicted molar refractivity (Wildman–Crippen MR) is 201 cm³/mol. The number of hydrogen-bond acceptors (Lipinski definition) is 9. The van der Waals surface area contributed by atoms with Gasteiger partial charge in [-0.15, -0.1) is 0 Å². The molecule has 2 aromatic carbocycles. The molecule has 2 N–H and O–H groups in total. The Morgan fingerprint density at radius 1 is 1.12 bits per heavy atom. The lowest BCUT2D eigenvalue weighted by Gasteiger charge is -2.17. The lowest BCUT2D eigenvalue weighted by Crippen LogP contribution is -2.25. The van der Waals surface area contributed by atoms with Gasteiger partial charge in [0.25, 0.3) is 11.5 Å². The van der Waals surface area contributed by atoms with Gasteiger partial charge in [0, 0.05) is 42.0 Å². The van der Waals surface area contributed by atoms with Crippen LogP contribution in [0.2, 0.25) is 10.0 Å². The van der Waals surface area contributed by atoms with Crippen molar-refractivity contribution < 1.29 is 14.3 Å². The number of amides is 1. The molecule has 0 spiro atoms. The zero-order valence-corrected chi connectivity index (χ0v) is 30.8. The predicted octanol–water partition coefficient (Wildman–Crippen LogP) is 7.21. The number of fused-ring (bicyclic) bond motifs is 1. The van der Waals surface area contributed by atoms with E-state index in [1.165, 1.54) is 14.2 Å². The Bertz CT molecular complexity index is 1940. The molecular weight excluding hydrogens is 677 g/mol. The molecule has 4 rings (SSSR count). The van der Waals surface area contributed by atoms with Gasteiger partial charge in [-0.25, -0.2) is 4.98 Å². The van der Waals surface area contributed by atoms with E-state index >= 15 is 0 Å². The zero-order valence-electron chi connectivity index (χ0n) is 29.3. The van der Waals surface area contributed by atoms with Crippen LogP contribution in [-0.4, -0.2) is 66.2 Å². The largest absolute Gasteiger partial charge is 0.495 e. The molecule has 0 saturated carbocycles. The van der Waals surface area contributed by atoms with E-state index < -0.39 is 5.91 Å². The number of benzene rings is 2. The molecule has 0 atom stereocenters. The van der Waals surface area contributed by atoms with Crippen LogP contribution < -0.4 is 25.7 Å². The molecule has 1 amide bonds. The maximum atomic E-state index is 14.4. The summed E-state index contributed by atoms with van der Waals surface area (Å²) in [7, 11) is 5.04. The maximum Gasteiger partial charge on any atom is 0.265 e. The molecule has 0 unspecified atom stereocenters. The van der Waals surface area contributed by atoms with Crippen LogP contribution in [0.15, 0.2) is 59.0 Å². The van der Waals surface area contributed by atoms with Crippen molar-refractivity contribution in [1.29, 1.82) is 5.26 Å². The smallest absolute Gasteiger partial charge is 0.265 e. The number of aryl methyl sites for hydroxylation is 2. The first-order valence-electron chi connectivity index (χ1n) is 16.5. The summed E-state index contributed by atoms with van der Waals surface area (Å²) in [4.78, 5) is 38.7. The summed E-state index contributed by atoms with van der Waals surface area (Å²) in [5.41, 5.74) is 2.00. The number of unbranched alkanes of at least 4 members (excludes halogenated alkanes) is 1. The maximum absolute atomic E-state index is 14.4. The number of nitrogens with zero attached hydrogens (tertiary/aromatic N) is 5. The van der Waals surface area contributed by atoms with Gasteiger partial charge in [-0.05, 0) is 69.1 Å². The molecule has 4 aromatic rings. The number of carbonyl (C=O) groups is 1. The van der Waals surface area contributed by atoms with Crippen molar-refractivity contribution in [1.82, 2.24) is 19.4 Å². The van der Waals surface area contributed by atoms with Crippen molar-refractivity contribution in [3.8, 4) is 28.7 Å². The number of halogens is 2. The summed E-state index contributed by atoms with van der Waals surface area (Å²) in [6, 6.07) is 12.5. The standard InChI is InChI=1S/C37H43Cl2N7O4/c1-7-45(4)15-9-8-14-41-37-42-22-26-19-28(31-32(38)29(49-5)20-30(50-6)33(31)39)36(48)46(34(26)44-37)16-13-24-11-10-12-27(18-24)43-35(47)25(21-40)17-23(2)3/h10-12,17-20,22-23H,7-9,13-16H2,1-6H3,(H,43,47)(H,41,42,44)/b25-17+. The quantitative estimate of drug-likeness (QED) is 0.0700. The molecule has 0 aliphatic carbocycles. The van der Waals surface area contributed by atoms with Crippen LogP contribution in [0.4, 0.5) is 11.6 Å². The van der Waals surface area contributed by atoms with Crippen molar-refractivity contribution in [2.24, 2.45) is 5.92 Å². The Balaban J connectivity index is 1.73. The van der Waals surface area contributed by atoms with Gasteiger partial charge >= 0.3 is 0 Å². The van der Waals surface area contributed by atoms with Gasteiger partial charge in [-0.2, -0.15) is 10.2 Å². The number of nitrogens with one attached hydrogen (secondary N) is 2. The van der Waals surface area contributed by atoms with Crippen molar-refractivity contribution in [2.45, 2.75) is 46.6 Å². The van der Waals surface area contributed by atoms with Gasteiger partial charge in [0.2, 0.25) is 5.95 Å². The van der Waals surface area contributed by atoms with Gasteiger partial charge in [0.1, 0.15) is 28.8 Å². The molecule has 0 saturated heterocycles. The number of pyridine rings is 1. The number of rotatable bonds is 16. The topological polar surface area (TPSA) is 134 Å². The first-order chi connectivity index (χ1) is 24.0. The molecular formula is C37H43Cl2N7O4. The van der Waals surface area contributed by atoms with Crippen LogP contribution in [0.1, 0.15) is 39.2 Å².